The molecule has 1 aliphatic rings. The number of anilines is 1. The fourth-order valence-electron chi connectivity index (χ4n) is 2.31. The van der Waals surface area contributed by atoms with Gasteiger partial charge in [0.2, 0.25) is 0 Å². The van der Waals surface area contributed by atoms with Crippen molar-refractivity contribution < 1.29 is 31.9 Å². The van der Waals surface area contributed by atoms with Gasteiger partial charge in [0, 0.05) is 27.1 Å². The van der Waals surface area contributed by atoms with E-state index in [2.05, 4.69) is 5.43 Å². The Labute approximate surface area is 145 Å². The average Bonchev–Trinajstić information content (AvgIpc) is 2.78. The molecule has 0 spiro atoms. The first kappa shape index (κ1) is 19.3. The van der Waals surface area contributed by atoms with Crippen LogP contribution >= 0.6 is 11.6 Å². The lowest BCUT2D eigenvalue weighted by Gasteiger charge is -2.20. The molecule has 0 radical (unpaired) electrons. The van der Waals surface area contributed by atoms with Crippen molar-refractivity contribution >= 4 is 29.3 Å². The summed E-state index contributed by atoms with van der Waals surface area (Å²) in [4.78, 5) is 24.7. The summed E-state index contributed by atoms with van der Waals surface area (Å²) in [5.74, 6) is -2.05. The van der Waals surface area contributed by atoms with E-state index < -0.39 is 46.4 Å². The van der Waals surface area contributed by atoms with Crippen LogP contribution in [-0.4, -0.2) is 43.8 Å². The highest BCUT2D eigenvalue weighted by Crippen LogP contribution is 2.38. The lowest BCUT2D eigenvalue weighted by Crippen LogP contribution is -2.40. The van der Waals surface area contributed by atoms with E-state index in [1.807, 2.05) is 0 Å². The van der Waals surface area contributed by atoms with Crippen molar-refractivity contribution in [1.82, 2.24) is 10.4 Å². The number of alkyl halides is 3. The molecule has 1 unspecified atom stereocenters. The average molecular weight is 384 g/mol. The maximum absolute atomic E-state index is 14.1. The van der Waals surface area contributed by atoms with Gasteiger partial charge in [0.25, 0.3) is 5.91 Å². The van der Waals surface area contributed by atoms with Gasteiger partial charge in [-0.1, -0.05) is 11.6 Å². The Morgan fingerprint density at radius 2 is 2.04 bits per heavy atom. The Kier molecular flexibility index (Phi) is 5.43. The lowest BCUT2D eigenvalue weighted by molar-refractivity contribution is -0.137. The van der Waals surface area contributed by atoms with E-state index in [0.29, 0.717) is 6.07 Å². The molecule has 0 aromatic heterocycles. The number of hydrogen-bond donors (Lipinski definition) is 1. The van der Waals surface area contributed by atoms with Gasteiger partial charge in [-0.3, -0.25) is 10.2 Å². The molecule has 6 nitrogen and oxygen atoms in total. The van der Waals surface area contributed by atoms with Crippen LogP contribution in [0.5, 0.6) is 0 Å². The van der Waals surface area contributed by atoms with Gasteiger partial charge in [-0.2, -0.15) is 13.2 Å². The number of benzene rings is 1. The standard InChI is InChI=1S/C14H14ClF4N3O3/c1-21(2)20-13(24)25-10-3-4-22(12(10)23)11-8(15)5-7(6-9(11)16)14(17,18)19/h5-6,10H,3-4H2,1-2H3,(H,20,24). The summed E-state index contributed by atoms with van der Waals surface area (Å²) in [5, 5.41) is 0.741. The zero-order valence-electron chi connectivity index (χ0n) is 13.2. The van der Waals surface area contributed by atoms with Crippen LogP contribution in [0, 0.1) is 5.82 Å². The highest BCUT2D eigenvalue weighted by Gasteiger charge is 2.39. The Morgan fingerprint density at radius 3 is 2.56 bits per heavy atom. The normalized spacial score (nSPS) is 18.0. The monoisotopic (exact) mass is 383 g/mol. The Balaban J connectivity index is 2.21. The predicted molar refractivity (Wildman–Crippen MR) is 80.5 cm³/mol. The number of hydrazine groups is 1. The van der Waals surface area contributed by atoms with Crippen LogP contribution in [-0.2, 0) is 15.7 Å². The van der Waals surface area contributed by atoms with Gasteiger partial charge >= 0.3 is 12.3 Å². The van der Waals surface area contributed by atoms with Crippen LogP contribution in [0.25, 0.3) is 0 Å². The van der Waals surface area contributed by atoms with Gasteiger partial charge < -0.3 is 9.64 Å². The third-order valence-corrected chi connectivity index (χ3v) is 3.62. The van der Waals surface area contributed by atoms with Crippen LogP contribution in [0.4, 0.5) is 28.0 Å². The molecule has 1 N–H and O–H groups in total. The van der Waals surface area contributed by atoms with Crippen LogP contribution in [0.2, 0.25) is 5.02 Å². The van der Waals surface area contributed by atoms with Gasteiger partial charge in [0.1, 0.15) is 5.82 Å². The van der Waals surface area contributed by atoms with Gasteiger partial charge in [0.05, 0.1) is 16.3 Å². The fraction of sp³-hybridized carbons (Fsp3) is 0.429. The maximum Gasteiger partial charge on any atom is 0.422 e. The first-order valence-corrected chi connectivity index (χ1v) is 7.40. The minimum atomic E-state index is -4.77. The third-order valence-electron chi connectivity index (χ3n) is 3.33. The topological polar surface area (TPSA) is 61.9 Å². The molecule has 1 aromatic rings. The minimum Gasteiger partial charge on any atom is -0.435 e. The molecule has 1 heterocycles. The van der Waals surface area contributed by atoms with E-state index in [9.17, 15) is 27.2 Å². The summed E-state index contributed by atoms with van der Waals surface area (Å²) in [7, 11) is 3.06. The summed E-state index contributed by atoms with van der Waals surface area (Å²) in [5.41, 5.74) is 0.534. The van der Waals surface area contributed by atoms with Crippen molar-refractivity contribution in [2.45, 2.75) is 18.7 Å². The molecular formula is C14H14ClF4N3O3. The Morgan fingerprint density at radius 1 is 1.40 bits per heavy atom. The molecular weight excluding hydrogens is 370 g/mol. The number of ether oxygens (including phenoxy) is 1. The number of amides is 2. The lowest BCUT2D eigenvalue weighted by atomic mass is 10.1. The largest absolute Gasteiger partial charge is 0.435 e. The second kappa shape index (κ2) is 7.04. The molecule has 0 bridgehead atoms. The molecule has 2 amide bonds. The molecule has 1 fully saturated rings. The number of rotatable bonds is 3. The molecule has 25 heavy (non-hydrogen) atoms. The van der Waals surface area contributed by atoms with E-state index >= 15 is 0 Å². The fourth-order valence-corrected chi connectivity index (χ4v) is 2.62. The van der Waals surface area contributed by atoms with Crippen molar-refractivity contribution in [2.24, 2.45) is 0 Å². The number of carbonyl (C=O) groups is 2. The number of halogens is 5. The molecule has 1 aromatic carbocycles. The molecule has 2 rings (SSSR count). The second-order valence-corrected chi connectivity index (χ2v) is 5.87. The summed E-state index contributed by atoms with van der Waals surface area (Å²) < 4.78 is 57.0. The SMILES string of the molecule is CN(C)NC(=O)OC1CCN(c2c(F)cc(C(F)(F)F)cc2Cl)C1=O. The van der Waals surface area contributed by atoms with Crippen molar-refractivity contribution in [1.29, 1.82) is 0 Å². The van der Waals surface area contributed by atoms with E-state index in [1.165, 1.54) is 19.1 Å². The minimum absolute atomic E-state index is 0.0521. The molecule has 1 saturated heterocycles. The number of nitrogens with one attached hydrogen (secondary N) is 1. The summed E-state index contributed by atoms with van der Waals surface area (Å²) in [6.45, 7) is -0.0548. The van der Waals surface area contributed by atoms with E-state index in [0.717, 1.165) is 4.90 Å². The van der Waals surface area contributed by atoms with Crippen molar-refractivity contribution in [3.8, 4) is 0 Å². The maximum atomic E-state index is 14.1. The zero-order chi connectivity index (χ0) is 18.9. The van der Waals surface area contributed by atoms with Gasteiger partial charge in [-0.05, 0) is 12.1 Å². The van der Waals surface area contributed by atoms with Crippen LogP contribution < -0.4 is 10.3 Å². The van der Waals surface area contributed by atoms with Gasteiger partial charge in [0.15, 0.2) is 6.10 Å². The first-order valence-electron chi connectivity index (χ1n) is 7.03. The highest BCUT2D eigenvalue weighted by atomic mass is 35.5. The third kappa shape index (κ3) is 4.31. The van der Waals surface area contributed by atoms with E-state index in [-0.39, 0.29) is 19.0 Å². The summed E-state index contributed by atoms with van der Waals surface area (Å²) >= 11 is 5.75. The Hall–Kier alpha value is -2.07. The molecule has 11 heteroatoms. The predicted octanol–water partition coefficient (Wildman–Crippen LogP) is 2.81. The molecule has 1 aliphatic heterocycles. The second-order valence-electron chi connectivity index (χ2n) is 5.46. The zero-order valence-corrected chi connectivity index (χ0v) is 13.9. The number of nitrogens with zero attached hydrogens (tertiary/aromatic N) is 2. The van der Waals surface area contributed by atoms with Crippen LogP contribution in [0.3, 0.4) is 0 Å². The summed E-state index contributed by atoms with van der Waals surface area (Å²) in [6, 6.07) is 0.807. The Bertz CT molecular complexity index is 673. The quantitative estimate of drug-likeness (QED) is 0.644. The molecule has 0 saturated carbocycles. The van der Waals surface area contributed by atoms with E-state index in [4.69, 9.17) is 16.3 Å². The van der Waals surface area contributed by atoms with Crippen molar-refractivity contribution in [3.63, 3.8) is 0 Å². The highest BCUT2D eigenvalue weighted by molar-refractivity contribution is 6.34. The van der Waals surface area contributed by atoms with Crippen LogP contribution in [0.1, 0.15) is 12.0 Å². The number of hydrogen-bond acceptors (Lipinski definition) is 4. The first-order chi connectivity index (χ1) is 11.5. The van der Waals surface area contributed by atoms with Crippen molar-refractivity contribution in [2.75, 3.05) is 25.5 Å². The van der Waals surface area contributed by atoms with E-state index in [1.54, 1.807) is 0 Å². The molecule has 138 valence electrons. The smallest absolute Gasteiger partial charge is 0.422 e. The van der Waals surface area contributed by atoms with Gasteiger partial charge in [-0.25, -0.2) is 14.2 Å². The van der Waals surface area contributed by atoms with Crippen molar-refractivity contribution in [3.05, 3.63) is 28.5 Å². The molecule has 1 atom stereocenters. The number of carbonyl (C=O) groups excluding carboxylic acids is 2. The summed E-state index contributed by atoms with van der Waals surface area (Å²) in [6.07, 6.45) is -6.79. The van der Waals surface area contributed by atoms with Gasteiger partial charge in [-0.15, -0.1) is 0 Å². The molecule has 0 aliphatic carbocycles. The van der Waals surface area contributed by atoms with Crippen LogP contribution in [0.15, 0.2) is 12.1 Å².